The summed E-state index contributed by atoms with van der Waals surface area (Å²) in [5.41, 5.74) is 6.49. The fraction of sp³-hybridized carbons (Fsp3) is 0.200. The van der Waals surface area contributed by atoms with Gasteiger partial charge in [0, 0.05) is 21.1 Å². The molecule has 0 bridgehead atoms. The molecule has 0 aliphatic carbocycles. The highest BCUT2D eigenvalue weighted by Crippen LogP contribution is 2.31. The van der Waals surface area contributed by atoms with Gasteiger partial charge in [0.1, 0.15) is 11.6 Å². The molecule has 0 heterocycles. The molecular weight excluding hydrogens is 348 g/mol. The minimum atomic E-state index is -0.851. The van der Waals surface area contributed by atoms with Gasteiger partial charge in [0.15, 0.2) is 0 Å². The molecule has 2 N–H and O–H groups in total. The largest absolute Gasteiger partial charge is 0.321 e. The molecule has 0 aromatic heterocycles. The van der Waals surface area contributed by atoms with E-state index in [0.29, 0.717) is 16.1 Å². The molecule has 0 radical (unpaired) electrons. The summed E-state index contributed by atoms with van der Waals surface area (Å²) in [6.45, 7) is 1.77. The molecule has 0 aliphatic rings. The number of halogens is 4. The molecule has 0 aliphatic heterocycles. The number of hydrogen-bond donors (Lipinski definition) is 1. The lowest BCUT2D eigenvalue weighted by Gasteiger charge is -2.27. The predicted molar refractivity (Wildman–Crippen MR) is 80.8 cm³/mol. The van der Waals surface area contributed by atoms with Crippen molar-refractivity contribution >= 4 is 27.5 Å². The normalized spacial score (nSPS) is 14.1. The van der Waals surface area contributed by atoms with E-state index in [-0.39, 0.29) is 6.42 Å². The molecule has 1 nitrogen and oxygen atoms in total. The second kappa shape index (κ2) is 5.80. The highest BCUT2D eigenvalue weighted by Gasteiger charge is 2.25. The summed E-state index contributed by atoms with van der Waals surface area (Å²) in [6.07, 6.45) is 0.223. The Morgan fingerprint density at radius 1 is 1.20 bits per heavy atom. The number of nitrogens with two attached hydrogens (primary N) is 1. The standard InChI is InChI=1S/C15H13BrClF2N/c1-15(20,12-5-3-10(16)6-13(12)17)8-9-2-4-11(18)7-14(9)19/h2-7H,8,20H2,1H3. The van der Waals surface area contributed by atoms with Crippen molar-refractivity contribution in [1.29, 1.82) is 0 Å². The highest BCUT2D eigenvalue weighted by atomic mass is 79.9. The van der Waals surface area contributed by atoms with Crippen LogP contribution in [0.1, 0.15) is 18.1 Å². The fourth-order valence-corrected chi connectivity index (χ4v) is 3.00. The first-order valence-electron chi connectivity index (χ1n) is 5.98. The van der Waals surface area contributed by atoms with E-state index in [0.717, 1.165) is 10.5 Å². The molecule has 0 amide bonds. The molecule has 106 valence electrons. The van der Waals surface area contributed by atoms with Crippen LogP contribution in [0.2, 0.25) is 5.02 Å². The number of rotatable bonds is 3. The van der Waals surface area contributed by atoms with Crippen molar-refractivity contribution in [3.8, 4) is 0 Å². The van der Waals surface area contributed by atoms with Crippen molar-refractivity contribution in [3.63, 3.8) is 0 Å². The highest BCUT2D eigenvalue weighted by molar-refractivity contribution is 9.10. The average Bonchev–Trinajstić information content (AvgIpc) is 2.32. The molecule has 2 aromatic carbocycles. The third-order valence-electron chi connectivity index (χ3n) is 3.12. The molecule has 0 spiro atoms. The van der Waals surface area contributed by atoms with Crippen LogP contribution < -0.4 is 5.73 Å². The minimum Gasteiger partial charge on any atom is -0.321 e. The Morgan fingerprint density at radius 2 is 1.90 bits per heavy atom. The van der Waals surface area contributed by atoms with E-state index < -0.39 is 17.2 Å². The van der Waals surface area contributed by atoms with Gasteiger partial charge in [-0.2, -0.15) is 0 Å². The quantitative estimate of drug-likeness (QED) is 0.836. The molecule has 2 aromatic rings. The number of benzene rings is 2. The molecule has 0 saturated carbocycles. The van der Waals surface area contributed by atoms with Crippen LogP contribution in [0.3, 0.4) is 0 Å². The van der Waals surface area contributed by atoms with Crippen LogP contribution in [0.4, 0.5) is 8.78 Å². The Kier molecular flexibility index (Phi) is 4.47. The van der Waals surface area contributed by atoms with Gasteiger partial charge in [0.2, 0.25) is 0 Å². The summed E-state index contributed by atoms with van der Waals surface area (Å²) < 4.78 is 27.5. The van der Waals surface area contributed by atoms with Crippen molar-refractivity contribution in [1.82, 2.24) is 0 Å². The zero-order valence-corrected chi connectivity index (χ0v) is 13.1. The van der Waals surface area contributed by atoms with Gasteiger partial charge in [-0.15, -0.1) is 0 Å². The van der Waals surface area contributed by atoms with Crippen molar-refractivity contribution in [3.05, 3.63) is 68.7 Å². The van der Waals surface area contributed by atoms with Gasteiger partial charge in [-0.25, -0.2) is 8.78 Å². The minimum absolute atomic E-state index is 0.223. The van der Waals surface area contributed by atoms with E-state index in [9.17, 15) is 8.78 Å². The molecular formula is C15H13BrClF2N. The molecule has 0 saturated heterocycles. The van der Waals surface area contributed by atoms with E-state index in [4.69, 9.17) is 17.3 Å². The van der Waals surface area contributed by atoms with Crippen LogP contribution in [0.15, 0.2) is 40.9 Å². The van der Waals surface area contributed by atoms with Crippen molar-refractivity contribution < 1.29 is 8.78 Å². The van der Waals surface area contributed by atoms with E-state index in [1.807, 2.05) is 6.07 Å². The van der Waals surface area contributed by atoms with Crippen molar-refractivity contribution in [2.24, 2.45) is 5.73 Å². The molecule has 0 fully saturated rings. The lowest BCUT2D eigenvalue weighted by molar-refractivity contribution is 0.472. The van der Waals surface area contributed by atoms with Crippen molar-refractivity contribution in [2.75, 3.05) is 0 Å². The van der Waals surface area contributed by atoms with Crippen LogP contribution in [0.5, 0.6) is 0 Å². The SMILES string of the molecule is CC(N)(Cc1ccc(F)cc1F)c1ccc(Br)cc1Cl. The van der Waals surface area contributed by atoms with Gasteiger partial charge in [-0.05, 0) is 42.7 Å². The Bertz CT molecular complexity index is 644. The lowest BCUT2D eigenvalue weighted by Crippen LogP contribution is -2.36. The van der Waals surface area contributed by atoms with Gasteiger partial charge in [-0.3, -0.25) is 0 Å². The second-order valence-electron chi connectivity index (χ2n) is 4.95. The predicted octanol–water partition coefficient (Wildman–Crippen LogP) is 4.80. The summed E-state index contributed by atoms with van der Waals surface area (Å²) in [7, 11) is 0. The summed E-state index contributed by atoms with van der Waals surface area (Å²) in [4.78, 5) is 0. The first kappa shape index (κ1) is 15.4. The molecule has 5 heteroatoms. The Balaban J connectivity index is 2.35. The van der Waals surface area contributed by atoms with E-state index in [2.05, 4.69) is 15.9 Å². The van der Waals surface area contributed by atoms with Gasteiger partial charge in [0.25, 0.3) is 0 Å². The van der Waals surface area contributed by atoms with Crippen LogP contribution in [-0.2, 0) is 12.0 Å². The van der Waals surface area contributed by atoms with E-state index >= 15 is 0 Å². The molecule has 1 atom stereocenters. The Morgan fingerprint density at radius 3 is 2.50 bits per heavy atom. The maximum atomic E-state index is 13.7. The lowest BCUT2D eigenvalue weighted by atomic mass is 9.86. The van der Waals surface area contributed by atoms with Crippen molar-refractivity contribution in [2.45, 2.75) is 18.9 Å². The maximum absolute atomic E-state index is 13.7. The van der Waals surface area contributed by atoms with Crippen LogP contribution in [0.25, 0.3) is 0 Å². The van der Waals surface area contributed by atoms with Gasteiger partial charge < -0.3 is 5.73 Å². The zero-order chi connectivity index (χ0) is 14.9. The fourth-order valence-electron chi connectivity index (χ4n) is 2.11. The van der Waals surface area contributed by atoms with Crippen LogP contribution in [-0.4, -0.2) is 0 Å². The molecule has 2 rings (SSSR count). The summed E-state index contributed by atoms with van der Waals surface area (Å²) in [6, 6.07) is 8.85. The summed E-state index contributed by atoms with van der Waals surface area (Å²) in [5, 5.41) is 0.506. The first-order valence-corrected chi connectivity index (χ1v) is 7.15. The molecule has 20 heavy (non-hydrogen) atoms. The van der Waals surface area contributed by atoms with Gasteiger partial charge in [0.05, 0.1) is 0 Å². The monoisotopic (exact) mass is 359 g/mol. The maximum Gasteiger partial charge on any atom is 0.129 e. The third kappa shape index (κ3) is 3.37. The third-order valence-corrected chi connectivity index (χ3v) is 3.93. The Labute approximate surface area is 129 Å². The topological polar surface area (TPSA) is 26.0 Å². The van der Waals surface area contributed by atoms with Crippen LogP contribution >= 0.6 is 27.5 Å². The van der Waals surface area contributed by atoms with E-state index in [1.165, 1.54) is 12.1 Å². The summed E-state index contributed by atoms with van der Waals surface area (Å²) >= 11 is 9.50. The Hall–Kier alpha value is -0.970. The van der Waals surface area contributed by atoms with Gasteiger partial charge >= 0.3 is 0 Å². The van der Waals surface area contributed by atoms with E-state index in [1.54, 1.807) is 19.1 Å². The van der Waals surface area contributed by atoms with Gasteiger partial charge in [-0.1, -0.05) is 39.7 Å². The number of hydrogen-bond acceptors (Lipinski definition) is 1. The van der Waals surface area contributed by atoms with Crippen LogP contribution in [0, 0.1) is 11.6 Å². The first-order chi connectivity index (χ1) is 9.29. The zero-order valence-electron chi connectivity index (χ0n) is 10.8. The smallest absolute Gasteiger partial charge is 0.129 e. The molecule has 1 unspecified atom stereocenters. The average molecular weight is 361 g/mol. The summed E-state index contributed by atoms with van der Waals surface area (Å²) in [5.74, 6) is -1.21. The second-order valence-corrected chi connectivity index (χ2v) is 6.28.